The Bertz CT molecular complexity index is 1210. The number of rotatable bonds is 19. The van der Waals surface area contributed by atoms with Crippen LogP contribution in [0.2, 0.25) is 0 Å². The second kappa shape index (κ2) is 18.4. The van der Waals surface area contributed by atoms with E-state index in [9.17, 15) is 20.4 Å². The minimum absolute atomic E-state index is 0.0241. The lowest BCUT2D eigenvalue weighted by Crippen LogP contribution is -2.49. The first-order valence-electron chi connectivity index (χ1n) is 14.8. The molecule has 0 bridgehead atoms. The second-order valence-electron chi connectivity index (χ2n) is 10.6. The summed E-state index contributed by atoms with van der Waals surface area (Å²) in [5.74, 6) is 0. The van der Waals surface area contributed by atoms with Crippen molar-refractivity contribution in [3.63, 3.8) is 0 Å². The summed E-state index contributed by atoms with van der Waals surface area (Å²) in [6.07, 6.45) is -4.42. The summed E-state index contributed by atoms with van der Waals surface area (Å²) in [4.78, 5) is 0. The van der Waals surface area contributed by atoms with Crippen molar-refractivity contribution in [3.8, 4) is 0 Å². The van der Waals surface area contributed by atoms with Crippen molar-refractivity contribution in [1.29, 1.82) is 0 Å². The maximum Gasteiger partial charge on any atom is 0.111 e. The van der Waals surface area contributed by atoms with Crippen molar-refractivity contribution in [2.75, 3.05) is 13.2 Å². The van der Waals surface area contributed by atoms with Gasteiger partial charge in [-0.1, -0.05) is 109 Å². The Labute approximate surface area is 259 Å². The van der Waals surface area contributed by atoms with Crippen LogP contribution in [0.15, 0.2) is 109 Å². The molecule has 0 saturated carbocycles. The van der Waals surface area contributed by atoms with Gasteiger partial charge in [0.1, 0.15) is 24.4 Å². The van der Waals surface area contributed by atoms with Gasteiger partial charge in [0.15, 0.2) is 0 Å². The van der Waals surface area contributed by atoms with Crippen LogP contribution in [-0.4, -0.2) is 58.1 Å². The van der Waals surface area contributed by atoms with Gasteiger partial charge in [0, 0.05) is 0 Å². The van der Waals surface area contributed by atoms with E-state index in [4.69, 9.17) is 18.9 Å². The van der Waals surface area contributed by atoms with E-state index in [2.05, 4.69) is 0 Å². The Morgan fingerprint density at radius 1 is 0.409 bits per heavy atom. The van der Waals surface area contributed by atoms with Crippen molar-refractivity contribution in [2.24, 2.45) is 0 Å². The summed E-state index contributed by atoms with van der Waals surface area (Å²) in [5, 5.41) is 41.4. The van der Waals surface area contributed by atoms with Crippen LogP contribution in [0.5, 0.6) is 0 Å². The van der Waals surface area contributed by atoms with E-state index in [0.29, 0.717) is 0 Å². The van der Waals surface area contributed by atoms with Crippen molar-refractivity contribution >= 4 is 0 Å². The third kappa shape index (κ3) is 10.9. The molecule has 0 unspecified atom stereocenters. The maximum atomic E-state index is 11.4. The molecule has 4 aromatic carbocycles. The molecule has 234 valence electrons. The number of aliphatic hydroxyl groups is 4. The summed E-state index contributed by atoms with van der Waals surface area (Å²) >= 11 is 0. The van der Waals surface area contributed by atoms with E-state index < -0.39 is 24.4 Å². The molecular formula is C36H42O8. The Balaban J connectivity index is 1.42. The lowest BCUT2D eigenvalue weighted by molar-refractivity contribution is -0.170. The second-order valence-corrected chi connectivity index (χ2v) is 10.6. The molecule has 8 nitrogen and oxygen atoms in total. The van der Waals surface area contributed by atoms with Gasteiger partial charge in [0.05, 0.1) is 52.9 Å². The summed E-state index contributed by atoms with van der Waals surface area (Å²) in [6.45, 7) is 0.964. The van der Waals surface area contributed by atoms with Gasteiger partial charge in [0.25, 0.3) is 0 Å². The molecule has 0 spiro atoms. The van der Waals surface area contributed by atoms with E-state index in [0.717, 1.165) is 33.4 Å². The largest absolute Gasteiger partial charge is 0.392 e. The van der Waals surface area contributed by atoms with Crippen molar-refractivity contribution in [2.45, 2.75) is 64.1 Å². The van der Waals surface area contributed by atoms with Gasteiger partial charge in [-0.2, -0.15) is 0 Å². The third-order valence-electron chi connectivity index (χ3n) is 7.24. The highest BCUT2D eigenvalue weighted by Crippen LogP contribution is 2.18. The molecule has 0 saturated heterocycles. The number of benzene rings is 4. The quantitative estimate of drug-likeness (QED) is 0.126. The predicted molar refractivity (Wildman–Crippen MR) is 166 cm³/mol. The topological polar surface area (TPSA) is 118 Å². The number of hydrogen-bond acceptors (Lipinski definition) is 8. The molecule has 0 aliphatic carbocycles. The van der Waals surface area contributed by atoms with Crippen LogP contribution < -0.4 is 0 Å². The van der Waals surface area contributed by atoms with Gasteiger partial charge >= 0.3 is 0 Å². The molecule has 44 heavy (non-hydrogen) atoms. The fourth-order valence-electron chi connectivity index (χ4n) is 4.55. The van der Waals surface area contributed by atoms with Crippen LogP contribution in [-0.2, 0) is 58.6 Å². The smallest absolute Gasteiger partial charge is 0.111 e. The normalized spacial score (nSPS) is 14.2. The molecule has 0 heterocycles. The van der Waals surface area contributed by atoms with E-state index >= 15 is 0 Å². The molecule has 0 aliphatic heterocycles. The Kier molecular flexibility index (Phi) is 14.0. The molecule has 0 aliphatic rings. The molecule has 4 rings (SSSR count). The first-order valence-corrected chi connectivity index (χ1v) is 14.8. The average Bonchev–Trinajstić information content (AvgIpc) is 3.08. The van der Waals surface area contributed by atoms with Gasteiger partial charge in [-0.25, -0.2) is 0 Å². The molecule has 0 fully saturated rings. The summed E-state index contributed by atoms with van der Waals surface area (Å²) in [6, 6.07) is 34.0. The van der Waals surface area contributed by atoms with Crippen molar-refractivity contribution in [3.05, 3.63) is 143 Å². The standard InChI is InChI=1S/C36H42O8/c37-19-27-11-15-31(16-12-27)21-41-25-33(43-23-29-7-3-1-4-8-29)35(39)36(40)34(44-24-30-9-5-2-6-10-30)26-42-22-32-17-13-28(20-38)14-18-32/h1-18,33-40H,19-26H2/t33-,34-,35-,36-/m1/s1. The van der Waals surface area contributed by atoms with Gasteiger partial charge in [-0.05, 0) is 33.4 Å². The molecule has 0 amide bonds. The monoisotopic (exact) mass is 602 g/mol. The minimum Gasteiger partial charge on any atom is -0.392 e. The van der Waals surface area contributed by atoms with E-state index in [1.54, 1.807) is 0 Å². The van der Waals surface area contributed by atoms with Crippen molar-refractivity contribution in [1.82, 2.24) is 0 Å². The van der Waals surface area contributed by atoms with E-state index in [-0.39, 0.29) is 52.9 Å². The molecule has 4 aromatic rings. The van der Waals surface area contributed by atoms with Gasteiger partial charge < -0.3 is 39.4 Å². The highest BCUT2D eigenvalue weighted by Gasteiger charge is 2.34. The first kappa shape index (κ1) is 33.5. The number of hydrogen-bond donors (Lipinski definition) is 4. The fourth-order valence-corrected chi connectivity index (χ4v) is 4.55. The zero-order chi connectivity index (χ0) is 31.0. The van der Waals surface area contributed by atoms with Crippen molar-refractivity contribution < 1.29 is 39.4 Å². The van der Waals surface area contributed by atoms with Gasteiger partial charge in [-0.3, -0.25) is 0 Å². The molecule has 4 atom stereocenters. The van der Waals surface area contributed by atoms with Gasteiger partial charge in [0.2, 0.25) is 0 Å². The fraction of sp³-hybridized carbons (Fsp3) is 0.333. The first-order chi connectivity index (χ1) is 21.6. The van der Waals surface area contributed by atoms with E-state index in [1.165, 1.54) is 0 Å². The Hall–Kier alpha value is -3.44. The number of aliphatic hydroxyl groups excluding tert-OH is 4. The third-order valence-corrected chi connectivity index (χ3v) is 7.24. The lowest BCUT2D eigenvalue weighted by Gasteiger charge is -2.32. The zero-order valence-corrected chi connectivity index (χ0v) is 24.8. The predicted octanol–water partition coefficient (Wildman–Crippen LogP) is 4.30. The SMILES string of the molecule is OCc1ccc(COC[C@@H](OCc2ccccc2)[C@@H](O)[C@H](O)[C@@H](COCc2ccc(CO)cc2)OCc2ccccc2)cc1. The van der Waals surface area contributed by atoms with Crippen LogP contribution in [0, 0.1) is 0 Å². The minimum atomic E-state index is -1.34. The molecule has 0 radical (unpaired) electrons. The number of ether oxygens (including phenoxy) is 4. The van der Waals surface area contributed by atoms with Crippen LogP contribution in [0.4, 0.5) is 0 Å². The molecular weight excluding hydrogens is 560 g/mol. The van der Waals surface area contributed by atoms with Crippen LogP contribution in [0.3, 0.4) is 0 Å². The van der Waals surface area contributed by atoms with Gasteiger partial charge in [-0.15, -0.1) is 0 Å². The average molecular weight is 603 g/mol. The van der Waals surface area contributed by atoms with Crippen LogP contribution in [0.25, 0.3) is 0 Å². The molecule has 8 heteroatoms. The Morgan fingerprint density at radius 3 is 1.07 bits per heavy atom. The highest BCUT2D eigenvalue weighted by atomic mass is 16.6. The lowest BCUT2D eigenvalue weighted by atomic mass is 10.0. The van der Waals surface area contributed by atoms with Crippen LogP contribution in [0.1, 0.15) is 33.4 Å². The summed E-state index contributed by atoms with van der Waals surface area (Å²) < 4.78 is 24.1. The zero-order valence-electron chi connectivity index (χ0n) is 24.8. The van der Waals surface area contributed by atoms with E-state index in [1.807, 2.05) is 109 Å². The Morgan fingerprint density at radius 2 is 0.727 bits per heavy atom. The summed E-state index contributed by atoms with van der Waals surface area (Å²) in [5.41, 5.74) is 5.27. The molecule has 4 N–H and O–H groups in total. The highest BCUT2D eigenvalue weighted by molar-refractivity contribution is 5.22. The van der Waals surface area contributed by atoms with Crippen LogP contribution >= 0.6 is 0 Å². The maximum absolute atomic E-state index is 11.4. The summed E-state index contributed by atoms with van der Waals surface area (Å²) in [7, 11) is 0. The molecule has 0 aromatic heterocycles.